The van der Waals surface area contributed by atoms with Crippen molar-refractivity contribution < 1.29 is 26.7 Å². The van der Waals surface area contributed by atoms with Crippen molar-refractivity contribution in [2.75, 3.05) is 0 Å². The van der Waals surface area contributed by atoms with Gasteiger partial charge in [0.1, 0.15) is 12.2 Å². The van der Waals surface area contributed by atoms with Crippen LogP contribution in [0.1, 0.15) is 28.8 Å². The van der Waals surface area contributed by atoms with Crippen LogP contribution in [-0.4, -0.2) is 28.5 Å². The van der Waals surface area contributed by atoms with Crippen molar-refractivity contribution in [1.29, 1.82) is 5.26 Å². The predicted molar refractivity (Wildman–Crippen MR) is 106 cm³/mol. The first-order valence-corrected chi connectivity index (χ1v) is 9.86. The smallest absolute Gasteiger partial charge is 0.283 e. The third-order valence-corrected chi connectivity index (χ3v) is 5.97. The first-order chi connectivity index (χ1) is 15.7. The molecule has 0 radical (unpaired) electrons. The molecular weight excluding hydrogens is 445 g/mol. The second-order valence-corrected chi connectivity index (χ2v) is 7.98. The predicted octanol–water partition coefficient (Wildman–Crippen LogP) is 3.70. The second kappa shape index (κ2) is 7.37. The third kappa shape index (κ3) is 3.25. The third-order valence-electron chi connectivity index (χ3n) is 5.97. The molecule has 2 aromatic heterocycles. The SMILES string of the molecule is N#Cc1cnc2c(Cc3cc(F)c(F)c([C@@]4(C(F)F)N=C(N)O[C@@H]5C[C@@H]54)c3)ncc(F)c2c1. The number of halogens is 5. The minimum absolute atomic E-state index is 0.0218. The molecular formula is C22H14F5N5O. The minimum atomic E-state index is -3.17. The van der Waals surface area contributed by atoms with Crippen molar-refractivity contribution in [3.05, 3.63) is 70.4 Å². The van der Waals surface area contributed by atoms with Gasteiger partial charge in [0.05, 0.1) is 23.0 Å². The van der Waals surface area contributed by atoms with Gasteiger partial charge in [-0.3, -0.25) is 9.97 Å². The Bertz CT molecular complexity index is 1370. The number of ether oxygens (including phenoxy) is 1. The summed E-state index contributed by atoms with van der Waals surface area (Å²) in [5.74, 6) is -4.36. The van der Waals surface area contributed by atoms with Crippen LogP contribution in [-0.2, 0) is 16.7 Å². The van der Waals surface area contributed by atoms with Crippen molar-refractivity contribution in [3.63, 3.8) is 0 Å². The topological polar surface area (TPSA) is 97.2 Å². The lowest BCUT2D eigenvalue weighted by Crippen LogP contribution is -2.43. The van der Waals surface area contributed by atoms with E-state index in [2.05, 4.69) is 15.0 Å². The number of fused-ring (bicyclic) bond motifs is 2. The Morgan fingerprint density at radius 3 is 2.67 bits per heavy atom. The van der Waals surface area contributed by atoms with Crippen molar-refractivity contribution in [2.24, 2.45) is 16.6 Å². The lowest BCUT2D eigenvalue weighted by Gasteiger charge is -2.33. The molecule has 6 nitrogen and oxygen atoms in total. The molecule has 3 aromatic rings. The van der Waals surface area contributed by atoms with E-state index in [4.69, 9.17) is 15.7 Å². The standard InChI is InChI=1S/C22H14F5N5O/c23-14-3-9(4-16-19-11(15(24)8-30-16)1-10(6-28)7-31-19)2-13(18(14)25)22(20(26)27)12-5-17(12)33-21(29)32-22/h1-3,7-8,12,17,20H,4-5H2,(H2,29,32)/t12-,17+,22-/m0/s1. The number of hydrogen-bond acceptors (Lipinski definition) is 6. The molecule has 11 heteroatoms. The van der Waals surface area contributed by atoms with Crippen LogP contribution in [0.5, 0.6) is 0 Å². The average Bonchev–Trinajstić information content (AvgIpc) is 3.56. The van der Waals surface area contributed by atoms with Gasteiger partial charge in [-0.2, -0.15) is 5.26 Å². The summed E-state index contributed by atoms with van der Waals surface area (Å²) in [7, 11) is 0. The van der Waals surface area contributed by atoms with Gasteiger partial charge >= 0.3 is 0 Å². The number of nitrogens with two attached hydrogens (primary N) is 1. The molecule has 1 aliphatic heterocycles. The van der Waals surface area contributed by atoms with E-state index in [1.54, 1.807) is 0 Å². The molecule has 0 spiro atoms. The molecule has 5 rings (SSSR count). The highest BCUT2D eigenvalue weighted by Gasteiger charge is 2.64. The van der Waals surface area contributed by atoms with Gasteiger partial charge in [-0.1, -0.05) is 0 Å². The van der Waals surface area contributed by atoms with Gasteiger partial charge in [-0.15, -0.1) is 0 Å². The molecule has 2 N–H and O–H groups in total. The monoisotopic (exact) mass is 459 g/mol. The summed E-state index contributed by atoms with van der Waals surface area (Å²) in [6, 6.07) is 4.59. The first-order valence-electron chi connectivity index (χ1n) is 9.86. The fourth-order valence-corrected chi connectivity index (χ4v) is 4.36. The number of pyridine rings is 2. The molecule has 1 aromatic carbocycles. The van der Waals surface area contributed by atoms with Gasteiger partial charge in [-0.25, -0.2) is 26.9 Å². The van der Waals surface area contributed by atoms with Gasteiger partial charge < -0.3 is 10.5 Å². The Labute approximate surface area is 183 Å². The fourth-order valence-electron chi connectivity index (χ4n) is 4.36. The van der Waals surface area contributed by atoms with E-state index in [9.17, 15) is 22.0 Å². The minimum Gasteiger partial charge on any atom is -0.462 e. The highest BCUT2D eigenvalue weighted by molar-refractivity contribution is 5.82. The Hall–Kier alpha value is -3.81. The van der Waals surface area contributed by atoms with E-state index in [-0.39, 0.29) is 40.6 Å². The van der Waals surface area contributed by atoms with Crippen LogP contribution < -0.4 is 5.73 Å². The van der Waals surface area contributed by atoms with Crippen molar-refractivity contribution in [2.45, 2.75) is 30.9 Å². The lowest BCUT2D eigenvalue weighted by atomic mass is 9.83. The van der Waals surface area contributed by atoms with Crippen LogP contribution in [0.15, 0.2) is 35.6 Å². The van der Waals surface area contributed by atoms with Gasteiger partial charge in [0, 0.05) is 29.5 Å². The average molecular weight is 459 g/mol. The summed E-state index contributed by atoms with van der Waals surface area (Å²) in [5, 5.41) is 9.04. The molecule has 0 saturated heterocycles. The normalized spacial score (nSPS) is 23.6. The zero-order chi connectivity index (χ0) is 23.5. The number of rotatable bonds is 4. The zero-order valence-corrected chi connectivity index (χ0v) is 16.7. The highest BCUT2D eigenvalue weighted by Crippen LogP contribution is 2.56. The largest absolute Gasteiger partial charge is 0.462 e. The number of benzene rings is 1. The summed E-state index contributed by atoms with van der Waals surface area (Å²) in [6.07, 6.45) is -1.67. The quantitative estimate of drug-likeness (QED) is 0.600. The molecule has 1 fully saturated rings. The van der Waals surface area contributed by atoms with Crippen LogP contribution in [0.3, 0.4) is 0 Å². The van der Waals surface area contributed by atoms with Gasteiger partial charge in [0.15, 0.2) is 23.0 Å². The molecule has 33 heavy (non-hydrogen) atoms. The maximum Gasteiger partial charge on any atom is 0.283 e. The van der Waals surface area contributed by atoms with Crippen molar-refractivity contribution in [1.82, 2.24) is 9.97 Å². The number of nitriles is 1. The highest BCUT2D eigenvalue weighted by atomic mass is 19.3. The van der Waals surface area contributed by atoms with E-state index in [1.165, 1.54) is 12.3 Å². The van der Waals surface area contributed by atoms with Gasteiger partial charge in [-0.05, 0) is 30.2 Å². The molecule has 3 atom stereocenters. The summed E-state index contributed by atoms with van der Waals surface area (Å²) in [6.45, 7) is 0. The number of alkyl halides is 2. The Morgan fingerprint density at radius 2 is 1.94 bits per heavy atom. The van der Waals surface area contributed by atoms with Crippen LogP contribution in [0.25, 0.3) is 10.9 Å². The van der Waals surface area contributed by atoms with Crippen LogP contribution in [0.2, 0.25) is 0 Å². The molecule has 0 unspecified atom stereocenters. The summed E-state index contributed by atoms with van der Waals surface area (Å²) in [5.41, 5.74) is 3.08. The first kappa shape index (κ1) is 21.1. The Morgan fingerprint density at radius 1 is 1.15 bits per heavy atom. The number of aliphatic imine (C=N–C) groups is 1. The van der Waals surface area contributed by atoms with Gasteiger partial charge in [0.2, 0.25) is 0 Å². The lowest BCUT2D eigenvalue weighted by molar-refractivity contribution is 0.0172. The number of hydrogen-bond donors (Lipinski definition) is 1. The molecule has 0 bridgehead atoms. The molecule has 1 saturated carbocycles. The number of aromatic nitrogens is 2. The van der Waals surface area contributed by atoms with Crippen molar-refractivity contribution >= 4 is 16.9 Å². The van der Waals surface area contributed by atoms with E-state index in [1.807, 2.05) is 6.07 Å². The Balaban J connectivity index is 1.63. The zero-order valence-electron chi connectivity index (χ0n) is 16.7. The van der Waals surface area contributed by atoms with Crippen LogP contribution in [0, 0.1) is 34.7 Å². The second-order valence-electron chi connectivity index (χ2n) is 7.98. The summed E-state index contributed by atoms with van der Waals surface area (Å²) < 4.78 is 77.4. The van der Waals surface area contributed by atoms with E-state index in [0.717, 1.165) is 18.3 Å². The summed E-state index contributed by atoms with van der Waals surface area (Å²) >= 11 is 0. The van der Waals surface area contributed by atoms with E-state index in [0.29, 0.717) is 0 Å². The number of nitrogens with zero attached hydrogens (tertiary/aromatic N) is 4. The van der Waals surface area contributed by atoms with Crippen molar-refractivity contribution in [3.8, 4) is 6.07 Å². The van der Waals surface area contributed by atoms with Crippen LogP contribution >= 0.6 is 0 Å². The molecule has 2 aliphatic rings. The molecule has 3 heterocycles. The number of amidine groups is 1. The van der Waals surface area contributed by atoms with Gasteiger partial charge in [0.25, 0.3) is 12.4 Å². The summed E-state index contributed by atoms with van der Waals surface area (Å²) in [4.78, 5) is 11.8. The van der Waals surface area contributed by atoms with Crippen LogP contribution in [0.4, 0.5) is 22.0 Å². The van der Waals surface area contributed by atoms with E-state index < -0.39 is 53.0 Å². The van der Waals surface area contributed by atoms with E-state index >= 15 is 0 Å². The maximum absolute atomic E-state index is 14.9. The molecule has 1 aliphatic carbocycles. The molecule has 168 valence electrons. The fraction of sp³-hybridized carbons (Fsp3) is 0.273. The molecule has 0 amide bonds. The Kier molecular flexibility index (Phi) is 4.70. The maximum atomic E-state index is 14.9.